The highest BCUT2D eigenvalue weighted by Crippen LogP contribution is 2.39. The van der Waals surface area contributed by atoms with Crippen molar-refractivity contribution in [1.29, 1.82) is 0 Å². The van der Waals surface area contributed by atoms with E-state index in [1.807, 2.05) is 32.1 Å². The minimum Gasteiger partial charge on any atom is -0.369 e. The first-order valence-corrected chi connectivity index (χ1v) is 11.8. The maximum atomic E-state index is 13.1. The number of carbonyl (C=O) groups is 2. The van der Waals surface area contributed by atoms with E-state index in [1.165, 1.54) is 6.33 Å². The molecule has 5 rings (SSSR count). The summed E-state index contributed by atoms with van der Waals surface area (Å²) >= 11 is 0. The maximum absolute atomic E-state index is 13.1. The molecule has 0 saturated heterocycles. The van der Waals surface area contributed by atoms with Crippen LogP contribution in [0, 0.1) is 19.3 Å². The van der Waals surface area contributed by atoms with E-state index in [4.69, 9.17) is 5.73 Å². The molecule has 2 amide bonds. The van der Waals surface area contributed by atoms with Gasteiger partial charge in [0.05, 0.1) is 10.8 Å². The second kappa shape index (κ2) is 9.34. The third-order valence-corrected chi connectivity index (χ3v) is 6.78. The number of aromatic amines is 2. The molecule has 0 aliphatic heterocycles. The van der Waals surface area contributed by atoms with E-state index in [2.05, 4.69) is 25.3 Å². The van der Waals surface area contributed by atoms with Gasteiger partial charge in [-0.3, -0.25) is 14.4 Å². The number of nitrogens with zero attached hydrogens (tertiary/aromatic N) is 2. The Kier molecular flexibility index (Phi) is 6.04. The molecular weight excluding hydrogens is 468 g/mol. The van der Waals surface area contributed by atoms with Gasteiger partial charge in [-0.2, -0.15) is 0 Å². The molecule has 1 atom stereocenters. The first-order valence-electron chi connectivity index (χ1n) is 11.8. The minimum absolute atomic E-state index is 0.179. The number of primary amides is 1. The SMILES string of the molecule is Cc1cc(C)c(CC2(C(N)=O)C=CC=C(c3cccc(C(=O)Nc4ncnc5[nH]ccc45)c3)C2)c(=O)[nH]1. The molecule has 5 N–H and O–H groups in total. The standard InChI is InChI=1S/C28H26N6O3/c1-16-11-17(2)33-26(36)22(16)14-28(27(29)37)9-4-7-20(13-28)18-5-3-6-19(12-18)25(35)34-24-21-8-10-30-23(21)31-15-32-24/h3-12,15H,13-14H2,1-2H3,(H2,29,37)(H,33,36)(H2,30,31,32,34,35). The van der Waals surface area contributed by atoms with Crippen LogP contribution in [0.4, 0.5) is 5.82 Å². The second-order valence-corrected chi connectivity index (χ2v) is 9.37. The van der Waals surface area contributed by atoms with Crippen LogP contribution in [0.25, 0.3) is 16.6 Å². The van der Waals surface area contributed by atoms with Crippen LogP contribution in [-0.4, -0.2) is 31.8 Å². The average Bonchev–Trinajstić information content (AvgIpc) is 3.36. The fourth-order valence-electron chi connectivity index (χ4n) is 4.81. The maximum Gasteiger partial charge on any atom is 0.256 e. The number of aryl methyl sites for hydroxylation is 2. The van der Waals surface area contributed by atoms with Gasteiger partial charge in [0.15, 0.2) is 0 Å². The topological polar surface area (TPSA) is 147 Å². The molecule has 1 aliphatic rings. The van der Waals surface area contributed by atoms with Crippen molar-refractivity contribution < 1.29 is 9.59 Å². The van der Waals surface area contributed by atoms with Crippen molar-refractivity contribution in [1.82, 2.24) is 19.9 Å². The summed E-state index contributed by atoms with van der Waals surface area (Å²) in [6.07, 6.45) is 9.05. The number of aromatic nitrogens is 4. The number of rotatable bonds is 6. The number of hydrogen-bond acceptors (Lipinski definition) is 5. The lowest BCUT2D eigenvalue weighted by molar-refractivity contribution is -0.125. The summed E-state index contributed by atoms with van der Waals surface area (Å²) in [5.41, 5.74) is 9.41. The molecule has 0 saturated carbocycles. The molecule has 1 aromatic carbocycles. The molecule has 9 heteroatoms. The highest BCUT2D eigenvalue weighted by Gasteiger charge is 2.38. The number of benzene rings is 1. The Morgan fingerprint density at radius 1 is 1.16 bits per heavy atom. The van der Waals surface area contributed by atoms with Crippen molar-refractivity contribution >= 4 is 34.2 Å². The predicted octanol–water partition coefficient (Wildman–Crippen LogP) is 3.57. The average molecular weight is 495 g/mol. The van der Waals surface area contributed by atoms with Gasteiger partial charge in [0.25, 0.3) is 11.5 Å². The van der Waals surface area contributed by atoms with Gasteiger partial charge < -0.3 is 21.0 Å². The number of amides is 2. The van der Waals surface area contributed by atoms with E-state index < -0.39 is 11.3 Å². The van der Waals surface area contributed by atoms with Crippen LogP contribution < -0.4 is 16.6 Å². The molecule has 1 unspecified atom stereocenters. The minimum atomic E-state index is -1.07. The third-order valence-electron chi connectivity index (χ3n) is 6.78. The molecule has 3 heterocycles. The number of H-pyrrole nitrogens is 2. The highest BCUT2D eigenvalue weighted by atomic mass is 16.2. The zero-order valence-electron chi connectivity index (χ0n) is 20.5. The van der Waals surface area contributed by atoms with Crippen LogP contribution in [0.15, 0.2) is 71.9 Å². The zero-order valence-corrected chi connectivity index (χ0v) is 20.5. The Labute approximate surface area is 212 Å². The molecular formula is C28H26N6O3. The van der Waals surface area contributed by atoms with Crippen LogP contribution >= 0.6 is 0 Å². The Hall–Kier alpha value is -4.79. The lowest BCUT2D eigenvalue weighted by atomic mass is 9.71. The molecule has 37 heavy (non-hydrogen) atoms. The molecule has 0 bridgehead atoms. The van der Waals surface area contributed by atoms with E-state index in [0.717, 1.165) is 22.4 Å². The highest BCUT2D eigenvalue weighted by molar-refractivity contribution is 6.07. The number of pyridine rings is 1. The van der Waals surface area contributed by atoms with Crippen molar-refractivity contribution in [3.8, 4) is 0 Å². The molecule has 0 spiro atoms. The van der Waals surface area contributed by atoms with E-state index in [9.17, 15) is 14.4 Å². The molecule has 4 aromatic rings. The number of fused-ring (bicyclic) bond motifs is 1. The Balaban J connectivity index is 1.42. The molecule has 0 radical (unpaired) electrons. The fraction of sp³-hybridized carbons (Fsp3) is 0.179. The fourth-order valence-corrected chi connectivity index (χ4v) is 4.81. The lowest BCUT2D eigenvalue weighted by Gasteiger charge is -2.31. The van der Waals surface area contributed by atoms with Crippen LogP contribution in [0.3, 0.4) is 0 Å². The first kappa shape index (κ1) is 23.9. The summed E-state index contributed by atoms with van der Waals surface area (Å²) in [6, 6.07) is 10.8. The van der Waals surface area contributed by atoms with E-state index in [1.54, 1.807) is 42.6 Å². The van der Waals surface area contributed by atoms with E-state index >= 15 is 0 Å². The normalized spacial score (nSPS) is 17.0. The number of nitrogens with two attached hydrogens (primary N) is 1. The largest absolute Gasteiger partial charge is 0.369 e. The summed E-state index contributed by atoms with van der Waals surface area (Å²) in [4.78, 5) is 52.7. The number of hydrogen-bond donors (Lipinski definition) is 4. The van der Waals surface area contributed by atoms with Crippen LogP contribution in [0.5, 0.6) is 0 Å². The quantitative estimate of drug-likeness (QED) is 0.324. The van der Waals surface area contributed by atoms with E-state index in [0.29, 0.717) is 34.4 Å². The van der Waals surface area contributed by atoms with Gasteiger partial charge in [0, 0.05) is 23.0 Å². The van der Waals surface area contributed by atoms with Crippen molar-refractivity contribution in [3.63, 3.8) is 0 Å². The van der Waals surface area contributed by atoms with Crippen LogP contribution in [-0.2, 0) is 11.2 Å². The van der Waals surface area contributed by atoms with Crippen LogP contribution in [0.2, 0.25) is 0 Å². The predicted molar refractivity (Wildman–Crippen MR) is 142 cm³/mol. The van der Waals surface area contributed by atoms with Gasteiger partial charge in [0.2, 0.25) is 5.91 Å². The number of nitrogens with one attached hydrogen (secondary N) is 3. The molecule has 1 aliphatic carbocycles. The second-order valence-electron chi connectivity index (χ2n) is 9.37. The van der Waals surface area contributed by atoms with Gasteiger partial charge in [-0.1, -0.05) is 30.4 Å². The van der Waals surface area contributed by atoms with Crippen molar-refractivity contribution in [2.24, 2.45) is 11.1 Å². The van der Waals surface area contributed by atoms with Gasteiger partial charge >= 0.3 is 0 Å². The summed E-state index contributed by atoms with van der Waals surface area (Å²) < 4.78 is 0. The molecule has 186 valence electrons. The summed E-state index contributed by atoms with van der Waals surface area (Å²) in [5.74, 6) is -0.423. The monoisotopic (exact) mass is 494 g/mol. The zero-order chi connectivity index (χ0) is 26.2. The van der Waals surface area contributed by atoms with Gasteiger partial charge in [-0.15, -0.1) is 0 Å². The lowest BCUT2D eigenvalue weighted by Crippen LogP contribution is -2.40. The van der Waals surface area contributed by atoms with Crippen molar-refractivity contribution in [2.75, 3.05) is 5.32 Å². The summed E-state index contributed by atoms with van der Waals surface area (Å²) in [5, 5.41) is 3.55. The Bertz CT molecular complexity index is 1660. The first-order chi connectivity index (χ1) is 17.8. The smallest absolute Gasteiger partial charge is 0.256 e. The molecule has 3 aromatic heterocycles. The third kappa shape index (κ3) is 4.58. The molecule has 0 fully saturated rings. The summed E-state index contributed by atoms with van der Waals surface area (Å²) in [6.45, 7) is 3.68. The van der Waals surface area contributed by atoms with E-state index in [-0.39, 0.29) is 17.9 Å². The van der Waals surface area contributed by atoms with Crippen molar-refractivity contribution in [2.45, 2.75) is 26.7 Å². The number of carbonyl (C=O) groups excluding carboxylic acids is 2. The van der Waals surface area contributed by atoms with Gasteiger partial charge in [0.1, 0.15) is 17.8 Å². The Morgan fingerprint density at radius 2 is 2.00 bits per heavy atom. The van der Waals surface area contributed by atoms with Crippen molar-refractivity contribution in [3.05, 3.63) is 105 Å². The van der Waals surface area contributed by atoms with Gasteiger partial charge in [-0.25, -0.2) is 9.97 Å². The number of allylic oxidation sites excluding steroid dienone is 3. The molecule has 9 nitrogen and oxygen atoms in total. The Morgan fingerprint density at radius 3 is 2.78 bits per heavy atom. The van der Waals surface area contributed by atoms with Crippen LogP contribution in [0.1, 0.15) is 39.2 Å². The number of anilines is 1. The summed E-state index contributed by atoms with van der Waals surface area (Å²) in [7, 11) is 0. The van der Waals surface area contributed by atoms with Gasteiger partial charge in [-0.05, 0) is 67.7 Å².